The van der Waals surface area contributed by atoms with E-state index in [4.69, 9.17) is 21.7 Å². The molecule has 0 spiro atoms. The van der Waals surface area contributed by atoms with Crippen LogP contribution in [0.15, 0.2) is 35.4 Å². The van der Waals surface area contributed by atoms with Gasteiger partial charge in [0.1, 0.15) is 12.9 Å². The van der Waals surface area contributed by atoms with E-state index in [1.54, 1.807) is 23.7 Å². The van der Waals surface area contributed by atoms with Crippen molar-refractivity contribution in [2.75, 3.05) is 12.5 Å². The number of hydrogen-bond acceptors (Lipinski definition) is 7. The molecule has 2 heterocycles. The molecule has 2 aromatic heterocycles. The molecule has 1 aromatic carbocycles. The lowest BCUT2D eigenvalue weighted by Crippen LogP contribution is -2.22. The molecule has 10 heteroatoms. The van der Waals surface area contributed by atoms with Crippen molar-refractivity contribution in [3.63, 3.8) is 0 Å². The van der Waals surface area contributed by atoms with Crippen LogP contribution in [-0.4, -0.2) is 32.9 Å². The van der Waals surface area contributed by atoms with E-state index < -0.39 is 0 Å². The Morgan fingerprint density at radius 3 is 3.00 bits per heavy atom. The monoisotopic (exact) mass is 363 g/mol. The number of methoxy groups -OCH3 is 1. The van der Waals surface area contributed by atoms with Crippen LogP contribution in [0, 0.1) is 4.77 Å². The van der Waals surface area contributed by atoms with Gasteiger partial charge in [0.25, 0.3) is 5.91 Å². The van der Waals surface area contributed by atoms with Gasteiger partial charge >= 0.3 is 0 Å². The number of ether oxygens (including phenoxy) is 2. The highest BCUT2D eigenvalue weighted by Crippen LogP contribution is 2.28. The predicted molar refractivity (Wildman–Crippen MR) is 90.5 cm³/mol. The van der Waals surface area contributed by atoms with Crippen LogP contribution < -0.4 is 14.9 Å². The molecule has 124 valence electrons. The Labute approximate surface area is 146 Å². The van der Waals surface area contributed by atoms with Crippen LogP contribution in [0.4, 0.5) is 0 Å². The number of H-pyrrole nitrogens is 1. The van der Waals surface area contributed by atoms with E-state index in [1.807, 2.05) is 5.38 Å². The van der Waals surface area contributed by atoms with E-state index >= 15 is 0 Å². The van der Waals surface area contributed by atoms with E-state index in [2.05, 4.69) is 20.6 Å². The average Bonchev–Trinajstić information content (AvgIpc) is 3.25. The minimum absolute atomic E-state index is 0.290. The van der Waals surface area contributed by atoms with Crippen molar-refractivity contribution >= 4 is 29.5 Å². The number of carbonyl (C=O) groups is 1. The van der Waals surface area contributed by atoms with E-state index in [1.165, 1.54) is 29.5 Å². The number of aromatic amines is 1. The molecule has 0 radical (unpaired) electrons. The summed E-state index contributed by atoms with van der Waals surface area (Å²) in [5.41, 5.74) is 5.58. The molecule has 0 aliphatic carbocycles. The van der Waals surface area contributed by atoms with Crippen molar-refractivity contribution < 1.29 is 14.3 Å². The van der Waals surface area contributed by atoms with Crippen molar-refractivity contribution in [2.24, 2.45) is 0 Å². The average molecular weight is 363 g/mol. The molecule has 0 bridgehead atoms. The van der Waals surface area contributed by atoms with Gasteiger partial charge in [0.15, 0.2) is 11.5 Å². The van der Waals surface area contributed by atoms with Crippen LogP contribution in [0.2, 0.25) is 0 Å². The summed E-state index contributed by atoms with van der Waals surface area (Å²) < 4.78 is 12.6. The zero-order valence-corrected chi connectivity index (χ0v) is 14.2. The summed E-state index contributed by atoms with van der Waals surface area (Å²) >= 11 is 6.48. The van der Waals surface area contributed by atoms with Crippen molar-refractivity contribution in [2.45, 2.75) is 6.61 Å². The zero-order chi connectivity index (χ0) is 16.9. The van der Waals surface area contributed by atoms with Crippen LogP contribution in [0.3, 0.4) is 0 Å². The fraction of sp³-hybridized carbons (Fsp3) is 0.143. The second kappa shape index (κ2) is 7.23. The van der Waals surface area contributed by atoms with Gasteiger partial charge in [0.2, 0.25) is 4.77 Å². The van der Waals surface area contributed by atoms with Gasteiger partial charge < -0.3 is 9.47 Å². The molecular weight excluding hydrogens is 350 g/mol. The molecule has 3 rings (SSSR count). The number of carbonyl (C=O) groups excluding carboxylic acids is 1. The maximum atomic E-state index is 12.3. The summed E-state index contributed by atoms with van der Waals surface area (Å²) in [5, 5.41) is 8.19. The lowest BCUT2D eigenvalue weighted by Gasteiger charge is -2.11. The Bertz CT molecular complexity index is 888. The maximum Gasteiger partial charge on any atom is 0.270 e. The highest BCUT2D eigenvalue weighted by atomic mass is 32.1. The Morgan fingerprint density at radius 2 is 2.33 bits per heavy atom. The van der Waals surface area contributed by atoms with Crippen LogP contribution in [0.1, 0.15) is 16.1 Å². The van der Waals surface area contributed by atoms with Gasteiger partial charge in [0.05, 0.1) is 18.3 Å². The number of aromatic nitrogens is 4. The zero-order valence-electron chi connectivity index (χ0n) is 12.6. The first-order valence-corrected chi connectivity index (χ1v) is 8.14. The summed E-state index contributed by atoms with van der Waals surface area (Å²) in [7, 11) is 1.51. The number of thiazole rings is 1. The number of hydrogen-bond donors (Lipinski definition) is 2. The van der Waals surface area contributed by atoms with E-state index in [9.17, 15) is 4.79 Å². The van der Waals surface area contributed by atoms with Gasteiger partial charge in [-0.3, -0.25) is 15.3 Å². The second-order valence-electron chi connectivity index (χ2n) is 4.61. The molecule has 0 fully saturated rings. The van der Waals surface area contributed by atoms with Crippen LogP contribution in [0.25, 0.3) is 0 Å². The molecule has 0 saturated heterocycles. The normalized spacial score (nSPS) is 10.4. The summed E-state index contributed by atoms with van der Waals surface area (Å²) in [6, 6.07) is 4.90. The van der Waals surface area contributed by atoms with Crippen molar-refractivity contribution in [3.05, 3.63) is 51.4 Å². The topological polar surface area (TPSA) is 94.1 Å². The van der Waals surface area contributed by atoms with E-state index in [-0.39, 0.29) is 5.91 Å². The molecule has 3 aromatic rings. The van der Waals surface area contributed by atoms with Gasteiger partial charge in [0, 0.05) is 10.9 Å². The lowest BCUT2D eigenvalue weighted by molar-refractivity contribution is 0.101. The first kappa shape index (κ1) is 16.1. The van der Waals surface area contributed by atoms with Crippen LogP contribution >= 0.6 is 23.6 Å². The highest BCUT2D eigenvalue weighted by molar-refractivity contribution is 7.71. The molecule has 1 amide bonds. The quantitative estimate of drug-likeness (QED) is 0.653. The number of nitrogens with one attached hydrogen (secondary N) is 2. The number of benzene rings is 1. The Kier molecular flexibility index (Phi) is 4.87. The molecule has 0 saturated carbocycles. The Hall–Kier alpha value is -2.72. The van der Waals surface area contributed by atoms with Crippen molar-refractivity contribution in [1.82, 2.24) is 19.9 Å². The first-order valence-electron chi connectivity index (χ1n) is 6.78. The van der Waals surface area contributed by atoms with Crippen molar-refractivity contribution in [3.8, 4) is 11.5 Å². The van der Waals surface area contributed by atoms with Crippen LogP contribution in [-0.2, 0) is 6.61 Å². The molecule has 0 atom stereocenters. The minimum Gasteiger partial charge on any atom is -0.493 e. The summed E-state index contributed by atoms with van der Waals surface area (Å²) in [6.07, 6.45) is 1.38. The standard InChI is InChI=1S/C14H13N5O3S2/c1-21-12-4-9(13(20)18-19-7-16-17-14(19)23)2-3-11(12)22-5-10-6-24-8-15-10/h2-4,6-8H,5H2,1H3,(H,17,23)(H,18,20). The second-order valence-corrected chi connectivity index (χ2v) is 5.71. The number of amides is 1. The molecule has 2 N–H and O–H groups in total. The molecule has 24 heavy (non-hydrogen) atoms. The third kappa shape index (κ3) is 3.60. The fourth-order valence-electron chi connectivity index (χ4n) is 1.89. The molecule has 0 unspecified atom stereocenters. The summed E-state index contributed by atoms with van der Waals surface area (Å²) in [5.74, 6) is 0.632. The van der Waals surface area contributed by atoms with E-state index in [0.717, 1.165) is 5.69 Å². The maximum absolute atomic E-state index is 12.3. The van der Waals surface area contributed by atoms with Crippen molar-refractivity contribution in [1.29, 1.82) is 0 Å². The van der Waals surface area contributed by atoms with Gasteiger partial charge in [-0.05, 0) is 30.4 Å². The Balaban J connectivity index is 1.74. The number of rotatable bonds is 6. The van der Waals surface area contributed by atoms with Crippen LogP contribution in [0.5, 0.6) is 11.5 Å². The third-order valence-electron chi connectivity index (χ3n) is 3.06. The first-order chi connectivity index (χ1) is 11.7. The van der Waals surface area contributed by atoms with Gasteiger partial charge in [-0.1, -0.05) is 0 Å². The lowest BCUT2D eigenvalue weighted by atomic mass is 10.2. The third-order valence-corrected chi connectivity index (χ3v) is 3.98. The Morgan fingerprint density at radius 1 is 1.46 bits per heavy atom. The molecule has 0 aliphatic rings. The van der Waals surface area contributed by atoms with Gasteiger partial charge in [-0.2, -0.15) is 5.10 Å². The SMILES string of the molecule is COc1cc(C(=O)Nn2cn[nH]c2=S)ccc1OCc1cscn1. The minimum atomic E-state index is -0.350. The molecule has 8 nitrogen and oxygen atoms in total. The molecular formula is C14H13N5O3S2. The molecule has 0 aliphatic heterocycles. The largest absolute Gasteiger partial charge is 0.493 e. The van der Waals surface area contributed by atoms with Gasteiger partial charge in [-0.15, -0.1) is 11.3 Å². The summed E-state index contributed by atoms with van der Waals surface area (Å²) in [4.78, 5) is 16.4. The van der Waals surface area contributed by atoms with Gasteiger partial charge in [-0.25, -0.2) is 9.66 Å². The fourth-order valence-corrected chi connectivity index (χ4v) is 2.58. The highest BCUT2D eigenvalue weighted by Gasteiger charge is 2.12. The number of nitrogens with zero attached hydrogens (tertiary/aromatic N) is 3. The van der Waals surface area contributed by atoms with E-state index in [0.29, 0.717) is 28.4 Å². The predicted octanol–water partition coefficient (Wildman–Crippen LogP) is 2.37. The summed E-state index contributed by atoms with van der Waals surface area (Å²) in [6.45, 7) is 0.329. The smallest absolute Gasteiger partial charge is 0.270 e.